The summed E-state index contributed by atoms with van der Waals surface area (Å²) >= 11 is 0. The number of likely N-dealkylation sites (N-methyl/N-ethyl adjacent to an activating group) is 1. The molecule has 2 aliphatic heterocycles. The largest absolute Gasteiger partial charge is 0.493 e. The van der Waals surface area contributed by atoms with Gasteiger partial charge in [0, 0.05) is 35.7 Å². The van der Waals surface area contributed by atoms with Gasteiger partial charge >= 0.3 is 0 Å². The molecule has 2 aromatic rings. The summed E-state index contributed by atoms with van der Waals surface area (Å²) in [5.74, 6) is 0.960. The molecule has 0 unspecified atom stereocenters. The van der Waals surface area contributed by atoms with Gasteiger partial charge in [0.05, 0.1) is 24.9 Å². The lowest BCUT2D eigenvalue weighted by molar-refractivity contribution is -0.119. The van der Waals surface area contributed by atoms with E-state index in [0.29, 0.717) is 5.56 Å². The second kappa shape index (κ2) is 8.21. The quantitative estimate of drug-likeness (QED) is 0.734. The van der Waals surface area contributed by atoms with Gasteiger partial charge in [0.15, 0.2) is 11.5 Å². The van der Waals surface area contributed by atoms with E-state index in [-0.39, 0.29) is 29.5 Å². The Kier molecular flexibility index (Phi) is 5.68. The number of ether oxygens (including phenoxy) is 2. The molecule has 0 aromatic heterocycles. The Bertz CT molecular complexity index is 1160. The zero-order valence-electron chi connectivity index (χ0n) is 20.1. The number of hydrogen-bond acceptors (Lipinski definition) is 5. The summed E-state index contributed by atoms with van der Waals surface area (Å²) in [5, 5.41) is 5.16. The first-order valence-corrected chi connectivity index (χ1v) is 11.1. The number of fused-ring (bicyclic) bond motifs is 3. The molecule has 174 valence electrons. The zero-order chi connectivity index (χ0) is 24.0. The number of nitrogens with zero attached hydrogens (tertiary/aromatic N) is 1. The molecule has 2 heterocycles. The van der Waals surface area contributed by atoms with Crippen molar-refractivity contribution < 1.29 is 19.1 Å². The van der Waals surface area contributed by atoms with Crippen LogP contribution in [0.1, 0.15) is 60.3 Å². The van der Waals surface area contributed by atoms with Crippen LogP contribution in [-0.2, 0) is 17.6 Å². The van der Waals surface area contributed by atoms with E-state index in [1.165, 1.54) is 7.05 Å². The Labute approximate surface area is 194 Å². The minimum Gasteiger partial charge on any atom is -0.493 e. The predicted molar refractivity (Wildman–Crippen MR) is 128 cm³/mol. The van der Waals surface area contributed by atoms with Gasteiger partial charge < -0.3 is 20.1 Å². The van der Waals surface area contributed by atoms with Crippen LogP contribution < -0.4 is 20.1 Å². The lowest BCUT2D eigenvalue weighted by atomic mass is 9.80. The molecule has 0 bridgehead atoms. The van der Waals surface area contributed by atoms with E-state index < -0.39 is 0 Å². The maximum absolute atomic E-state index is 12.7. The molecule has 0 saturated heterocycles. The standard InChI is InChI=1S/C26H31N3O4/c1-25(2)12-17-11-19(32-6)23-18(13-26(3,4)33-23)21(17)22(29-25)15-8-7-9-16(10-15)24(31)28-14-20(30)27-5/h7-11H,12-14H2,1-6H3,(H,27,30)(H,28,31). The molecule has 7 heteroatoms. The summed E-state index contributed by atoms with van der Waals surface area (Å²) in [6.45, 7) is 8.28. The van der Waals surface area contributed by atoms with Crippen molar-refractivity contribution in [2.75, 3.05) is 20.7 Å². The first kappa shape index (κ1) is 22.8. The second-order valence-electron chi connectivity index (χ2n) is 9.85. The fourth-order valence-corrected chi connectivity index (χ4v) is 4.59. The molecule has 0 spiro atoms. The van der Waals surface area contributed by atoms with E-state index in [1.807, 2.05) is 18.2 Å². The smallest absolute Gasteiger partial charge is 0.251 e. The van der Waals surface area contributed by atoms with Gasteiger partial charge in [-0.15, -0.1) is 0 Å². The predicted octanol–water partition coefficient (Wildman–Crippen LogP) is 3.06. The van der Waals surface area contributed by atoms with Crippen LogP contribution in [0.5, 0.6) is 11.5 Å². The van der Waals surface area contributed by atoms with Crippen LogP contribution in [0.15, 0.2) is 35.3 Å². The SMILES string of the molecule is CNC(=O)CNC(=O)c1cccc(C2=NC(C)(C)Cc3cc(OC)c4c(c32)CC(C)(C)O4)c1. The molecule has 0 fully saturated rings. The fourth-order valence-electron chi connectivity index (χ4n) is 4.59. The summed E-state index contributed by atoms with van der Waals surface area (Å²) in [6, 6.07) is 9.45. The minimum absolute atomic E-state index is 0.0733. The number of carbonyl (C=O) groups is 2. The van der Waals surface area contributed by atoms with Crippen molar-refractivity contribution in [2.45, 2.75) is 51.7 Å². The highest BCUT2D eigenvalue weighted by Crippen LogP contribution is 2.47. The summed E-state index contributed by atoms with van der Waals surface area (Å²) in [4.78, 5) is 29.3. The number of methoxy groups -OCH3 is 1. The number of amides is 2. The maximum atomic E-state index is 12.7. The van der Waals surface area contributed by atoms with Crippen molar-refractivity contribution in [3.63, 3.8) is 0 Å². The van der Waals surface area contributed by atoms with Gasteiger partial charge in [-0.05, 0) is 57.9 Å². The Morgan fingerprint density at radius 3 is 2.61 bits per heavy atom. The maximum Gasteiger partial charge on any atom is 0.251 e. The van der Waals surface area contributed by atoms with Crippen molar-refractivity contribution in [1.29, 1.82) is 0 Å². The van der Waals surface area contributed by atoms with Crippen LogP contribution in [-0.4, -0.2) is 49.4 Å². The number of aliphatic imine (C=N–C) groups is 1. The normalized spacial score (nSPS) is 17.2. The van der Waals surface area contributed by atoms with E-state index in [2.05, 4.69) is 44.4 Å². The number of carbonyl (C=O) groups excluding carboxylic acids is 2. The average molecular weight is 450 g/mol. The Morgan fingerprint density at radius 1 is 1.15 bits per heavy atom. The third-order valence-corrected chi connectivity index (χ3v) is 5.99. The Balaban J connectivity index is 1.80. The topological polar surface area (TPSA) is 89.0 Å². The monoisotopic (exact) mass is 449 g/mol. The fraction of sp³-hybridized carbons (Fsp3) is 0.423. The Morgan fingerprint density at radius 2 is 1.91 bits per heavy atom. The highest BCUT2D eigenvalue weighted by atomic mass is 16.5. The number of benzene rings is 2. The summed E-state index contributed by atoms with van der Waals surface area (Å²) in [6.07, 6.45) is 1.52. The molecular weight excluding hydrogens is 418 g/mol. The van der Waals surface area contributed by atoms with E-state index in [9.17, 15) is 9.59 Å². The molecule has 0 radical (unpaired) electrons. The second-order valence-corrected chi connectivity index (χ2v) is 9.85. The first-order chi connectivity index (χ1) is 15.5. The summed E-state index contributed by atoms with van der Waals surface area (Å²) < 4.78 is 11.9. The number of hydrogen-bond donors (Lipinski definition) is 2. The van der Waals surface area contributed by atoms with Crippen molar-refractivity contribution in [1.82, 2.24) is 10.6 Å². The molecule has 2 aliphatic rings. The van der Waals surface area contributed by atoms with E-state index in [1.54, 1.807) is 13.2 Å². The van der Waals surface area contributed by atoms with Crippen molar-refractivity contribution in [2.24, 2.45) is 4.99 Å². The molecule has 2 amide bonds. The highest BCUT2D eigenvalue weighted by molar-refractivity contribution is 6.17. The molecular formula is C26H31N3O4. The van der Waals surface area contributed by atoms with E-state index in [4.69, 9.17) is 14.5 Å². The van der Waals surface area contributed by atoms with Crippen LogP contribution in [0, 0.1) is 0 Å². The molecule has 2 N–H and O–H groups in total. The van der Waals surface area contributed by atoms with Gasteiger partial charge in [-0.1, -0.05) is 12.1 Å². The Hall–Kier alpha value is -3.35. The molecule has 7 nitrogen and oxygen atoms in total. The molecule has 2 aromatic carbocycles. The van der Waals surface area contributed by atoms with Gasteiger partial charge in [0.2, 0.25) is 5.91 Å². The first-order valence-electron chi connectivity index (χ1n) is 11.1. The number of nitrogens with one attached hydrogen (secondary N) is 2. The third kappa shape index (κ3) is 4.45. The van der Waals surface area contributed by atoms with Crippen LogP contribution in [0.2, 0.25) is 0 Å². The molecule has 0 aliphatic carbocycles. The molecule has 4 rings (SSSR count). The van der Waals surface area contributed by atoms with Gasteiger partial charge in [-0.25, -0.2) is 0 Å². The summed E-state index contributed by atoms with van der Waals surface area (Å²) in [7, 11) is 3.20. The van der Waals surface area contributed by atoms with Gasteiger partial charge in [0.1, 0.15) is 5.60 Å². The van der Waals surface area contributed by atoms with E-state index >= 15 is 0 Å². The molecule has 33 heavy (non-hydrogen) atoms. The van der Waals surface area contributed by atoms with Crippen LogP contribution in [0.4, 0.5) is 0 Å². The van der Waals surface area contributed by atoms with Crippen molar-refractivity contribution in [3.05, 3.63) is 58.1 Å². The summed E-state index contributed by atoms with van der Waals surface area (Å²) in [5.41, 5.74) is 4.85. The van der Waals surface area contributed by atoms with Crippen LogP contribution >= 0.6 is 0 Å². The molecule has 0 saturated carbocycles. The average Bonchev–Trinajstić information content (AvgIpc) is 3.10. The van der Waals surface area contributed by atoms with Crippen LogP contribution in [0.3, 0.4) is 0 Å². The van der Waals surface area contributed by atoms with Crippen LogP contribution in [0.25, 0.3) is 0 Å². The third-order valence-electron chi connectivity index (χ3n) is 5.99. The molecule has 0 atom stereocenters. The highest BCUT2D eigenvalue weighted by Gasteiger charge is 2.39. The van der Waals surface area contributed by atoms with Gasteiger partial charge in [-0.3, -0.25) is 14.6 Å². The van der Waals surface area contributed by atoms with Crippen molar-refractivity contribution >= 4 is 17.5 Å². The van der Waals surface area contributed by atoms with E-state index in [0.717, 1.165) is 52.3 Å². The number of rotatable bonds is 5. The minimum atomic E-state index is -0.343. The lowest BCUT2D eigenvalue weighted by Crippen LogP contribution is -2.35. The zero-order valence-corrected chi connectivity index (χ0v) is 20.1. The lowest BCUT2D eigenvalue weighted by Gasteiger charge is -2.31. The van der Waals surface area contributed by atoms with Gasteiger partial charge in [0.25, 0.3) is 5.91 Å². The van der Waals surface area contributed by atoms with Crippen molar-refractivity contribution in [3.8, 4) is 11.5 Å². The van der Waals surface area contributed by atoms with Gasteiger partial charge in [-0.2, -0.15) is 0 Å².